The zero-order chi connectivity index (χ0) is 24.3. The maximum atomic E-state index is 13.6. The molecule has 12 heteroatoms. The van der Waals surface area contributed by atoms with Crippen molar-refractivity contribution in [2.24, 2.45) is 7.05 Å². The molecule has 0 amide bonds. The van der Waals surface area contributed by atoms with Crippen molar-refractivity contribution in [2.45, 2.75) is 31.5 Å². The average Bonchev–Trinajstić information content (AvgIpc) is 3.08. The van der Waals surface area contributed by atoms with E-state index in [1.807, 2.05) is 0 Å². The number of aromatic nitrogens is 4. The molecule has 0 aliphatic rings. The Morgan fingerprint density at radius 1 is 1.15 bits per heavy atom. The van der Waals surface area contributed by atoms with Crippen LogP contribution in [-0.2, 0) is 29.6 Å². The second kappa shape index (κ2) is 7.58. The first-order valence-electron chi connectivity index (χ1n) is 9.98. The quantitative estimate of drug-likeness (QED) is 0.357. The number of nitrogens with zero attached hydrogens (tertiary/aromatic N) is 4. The Kier molecular flexibility index (Phi) is 5.23. The molecule has 0 radical (unpaired) electrons. The molecule has 3 aromatic heterocycles. The van der Waals surface area contributed by atoms with E-state index < -0.39 is 27.3 Å². The third-order valence-corrected chi connectivity index (χ3v) is 7.33. The van der Waals surface area contributed by atoms with Gasteiger partial charge in [0, 0.05) is 30.0 Å². The van der Waals surface area contributed by atoms with Gasteiger partial charge in [0.15, 0.2) is 9.84 Å². The number of sulfone groups is 1. The van der Waals surface area contributed by atoms with Crippen molar-refractivity contribution in [3.8, 4) is 11.4 Å². The Bertz CT molecular complexity index is 1590. The van der Waals surface area contributed by atoms with Crippen LogP contribution in [0.4, 0.5) is 13.2 Å². The molecule has 1 N–H and O–H groups in total. The van der Waals surface area contributed by atoms with Crippen molar-refractivity contribution in [1.29, 1.82) is 0 Å². The number of pyridine rings is 2. The standard InChI is InChI=1S/C21H20F3N4O4S/c1-4-28-17(21(22,23)24)10-15-18(20(28)29)26(3)19(25-15)14-8-12-6-7-27(30)11-13(12)9-16(14)33(31,32)5-2/h6-11,30H,4-5H2,1-3H3/q+1. The summed E-state index contributed by atoms with van der Waals surface area (Å²) in [5.41, 5.74) is -2.10. The number of hydrogen-bond acceptors (Lipinski definition) is 5. The van der Waals surface area contributed by atoms with Crippen molar-refractivity contribution in [3.63, 3.8) is 0 Å². The Morgan fingerprint density at radius 2 is 1.85 bits per heavy atom. The molecule has 0 bridgehead atoms. The summed E-state index contributed by atoms with van der Waals surface area (Å²) < 4.78 is 69.1. The summed E-state index contributed by atoms with van der Waals surface area (Å²) in [4.78, 5) is 17.1. The molecule has 0 unspecified atom stereocenters. The fourth-order valence-electron chi connectivity index (χ4n) is 3.91. The van der Waals surface area contributed by atoms with Crippen LogP contribution >= 0.6 is 0 Å². The molecule has 0 atom stereocenters. The van der Waals surface area contributed by atoms with E-state index in [0.29, 0.717) is 15.3 Å². The molecule has 1 aromatic carbocycles. The third kappa shape index (κ3) is 3.63. The largest absolute Gasteiger partial charge is 0.431 e. The molecule has 0 saturated heterocycles. The summed E-state index contributed by atoms with van der Waals surface area (Å²) in [7, 11) is -2.34. The highest BCUT2D eigenvalue weighted by Gasteiger charge is 2.36. The van der Waals surface area contributed by atoms with Crippen LogP contribution in [0.15, 0.2) is 46.3 Å². The average molecular weight is 481 g/mol. The number of alkyl halides is 3. The van der Waals surface area contributed by atoms with Crippen LogP contribution in [0.1, 0.15) is 19.5 Å². The Labute approximate surface area is 186 Å². The van der Waals surface area contributed by atoms with Gasteiger partial charge in [0.1, 0.15) is 17.0 Å². The number of fused-ring (bicyclic) bond motifs is 2. The van der Waals surface area contributed by atoms with E-state index in [0.717, 1.165) is 10.8 Å². The minimum absolute atomic E-state index is 0.0405. The topological polar surface area (TPSA) is 98.1 Å². The highest BCUT2D eigenvalue weighted by Crippen LogP contribution is 2.34. The van der Waals surface area contributed by atoms with Gasteiger partial charge in [-0.05, 0) is 30.5 Å². The number of halogens is 3. The van der Waals surface area contributed by atoms with Gasteiger partial charge >= 0.3 is 6.18 Å². The molecule has 174 valence electrons. The van der Waals surface area contributed by atoms with Crippen LogP contribution in [0.3, 0.4) is 0 Å². The zero-order valence-electron chi connectivity index (χ0n) is 17.9. The van der Waals surface area contributed by atoms with Crippen LogP contribution in [0.2, 0.25) is 0 Å². The van der Waals surface area contributed by atoms with Crippen molar-refractivity contribution in [1.82, 2.24) is 14.1 Å². The normalized spacial score (nSPS) is 12.7. The summed E-state index contributed by atoms with van der Waals surface area (Å²) >= 11 is 0. The lowest BCUT2D eigenvalue weighted by atomic mass is 10.1. The summed E-state index contributed by atoms with van der Waals surface area (Å²) in [5.74, 6) is -0.193. The summed E-state index contributed by atoms with van der Waals surface area (Å²) in [6.07, 6.45) is -2.08. The zero-order valence-corrected chi connectivity index (χ0v) is 18.7. The van der Waals surface area contributed by atoms with Gasteiger partial charge in [-0.25, -0.2) is 13.4 Å². The van der Waals surface area contributed by atoms with Gasteiger partial charge in [-0.2, -0.15) is 13.2 Å². The van der Waals surface area contributed by atoms with E-state index in [-0.39, 0.29) is 39.6 Å². The second-order valence-electron chi connectivity index (χ2n) is 7.51. The molecule has 0 aliphatic heterocycles. The number of hydrogen-bond donors (Lipinski definition) is 1. The van der Waals surface area contributed by atoms with E-state index in [1.165, 1.54) is 50.0 Å². The first-order valence-corrected chi connectivity index (χ1v) is 11.6. The molecule has 33 heavy (non-hydrogen) atoms. The van der Waals surface area contributed by atoms with E-state index >= 15 is 0 Å². The van der Waals surface area contributed by atoms with Gasteiger partial charge in [-0.15, -0.1) is 0 Å². The molecule has 0 saturated carbocycles. The molecular weight excluding hydrogens is 461 g/mol. The van der Waals surface area contributed by atoms with Gasteiger partial charge in [-0.1, -0.05) is 6.92 Å². The van der Waals surface area contributed by atoms with Gasteiger partial charge in [0.2, 0.25) is 12.4 Å². The minimum atomic E-state index is -4.76. The first-order chi connectivity index (χ1) is 15.4. The van der Waals surface area contributed by atoms with E-state index in [9.17, 15) is 31.6 Å². The lowest BCUT2D eigenvalue weighted by Crippen LogP contribution is -2.28. The van der Waals surface area contributed by atoms with Crippen LogP contribution in [0.5, 0.6) is 0 Å². The molecule has 3 heterocycles. The summed E-state index contributed by atoms with van der Waals surface area (Å²) in [6.45, 7) is 2.70. The number of benzene rings is 1. The monoisotopic (exact) mass is 481 g/mol. The lowest BCUT2D eigenvalue weighted by molar-refractivity contribution is -0.903. The number of rotatable bonds is 4. The van der Waals surface area contributed by atoms with Gasteiger partial charge in [-0.3, -0.25) is 10.0 Å². The molecular formula is C21H20F3N4O4S+. The van der Waals surface area contributed by atoms with Crippen molar-refractivity contribution >= 4 is 31.6 Å². The van der Waals surface area contributed by atoms with Crippen LogP contribution in [0, 0.1) is 0 Å². The smallest absolute Gasteiger partial charge is 0.323 e. The third-order valence-electron chi connectivity index (χ3n) is 5.56. The molecule has 0 aliphatic carbocycles. The Balaban J connectivity index is 2.13. The van der Waals surface area contributed by atoms with Crippen LogP contribution in [0.25, 0.3) is 33.2 Å². The van der Waals surface area contributed by atoms with E-state index in [2.05, 4.69) is 4.98 Å². The van der Waals surface area contributed by atoms with Crippen LogP contribution < -0.4 is 10.3 Å². The van der Waals surface area contributed by atoms with Crippen molar-refractivity contribution < 1.29 is 31.5 Å². The maximum Gasteiger partial charge on any atom is 0.431 e. The molecule has 0 spiro atoms. The lowest BCUT2D eigenvalue weighted by Gasteiger charge is -2.14. The van der Waals surface area contributed by atoms with Gasteiger partial charge in [0.05, 0.1) is 21.6 Å². The molecule has 8 nitrogen and oxygen atoms in total. The molecule has 4 rings (SSSR count). The van der Waals surface area contributed by atoms with Crippen molar-refractivity contribution in [2.75, 3.05) is 5.75 Å². The molecule has 4 aromatic rings. The van der Waals surface area contributed by atoms with Gasteiger partial charge in [0.25, 0.3) is 5.56 Å². The predicted molar refractivity (Wildman–Crippen MR) is 114 cm³/mol. The number of imidazole rings is 1. The number of aryl methyl sites for hydroxylation is 1. The highest BCUT2D eigenvalue weighted by molar-refractivity contribution is 7.91. The summed E-state index contributed by atoms with van der Waals surface area (Å²) in [6, 6.07) is 5.26. The van der Waals surface area contributed by atoms with Gasteiger partial charge < -0.3 is 9.13 Å². The first kappa shape index (κ1) is 22.8. The predicted octanol–water partition coefficient (Wildman–Crippen LogP) is 2.91. The van der Waals surface area contributed by atoms with Crippen LogP contribution in [-0.4, -0.2) is 33.5 Å². The maximum absolute atomic E-state index is 13.6. The molecule has 0 fully saturated rings. The van der Waals surface area contributed by atoms with E-state index in [4.69, 9.17) is 0 Å². The second-order valence-corrected chi connectivity index (χ2v) is 9.76. The fraction of sp³-hybridized carbons (Fsp3) is 0.286. The van der Waals surface area contributed by atoms with Crippen molar-refractivity contribution in [3.05, 3.63) is 52.7 Å². The SMILES string of the molecule is CCn1c(C(F)(F)F)cc2nc(-c3cc4cc[n+](O)cc4cc3S(=O)(=O)CC)n(C)c2c1=O. The fourth-order valence-corrected chi connectivity index (χ4v) is 5.01. The summed E-state index contributed by atoms with van der Waals surface area (Å²) in [5, 5.41) is 10.7. The Hall–Kier alpha value is -3.41. The van der Waals surface area contributed by atoms with E-state index in [1.54, 1.807) is 6.07 Å². The minimum Gasteiger partial charge on any atom is -0.323 e. The Morgan fingerprint density at radius 3 is 2.45 bits per heavy atom. The highest BCUT2D eigenvalue weighted by atomic mass is 32.2.